The molecule has 0 atom stereocenters. The topological polar surface area (TPSA) is 46.9 Å². The van der Waals surface area contributed by atoms with E-state index in [4.69, 9.17) is 0 Å². The molecule has 0 fully saturated rings. The maximum atomic E-state index is 14.1. The molecule has 3 rings (SSSR count). The molecule has 0 unspecified atom stereocenters. The predicted octanol–water partition coefficient (Wildman–Crippen LogP) is 4.57. The summed E-state index contributed by atoms with van der Waals surface area (Å²) >= 11 is 0. The summed E-state index contributed by atoms with van der Waals surface area (Å²) in [5.74, 6) is -2.30. The Bertz CT molecular complexity index is 1030. The number of hydrogen-bond donors (Lipinski definition) is 1. The van der Waals surface area contributed by atoms with E-state index in [0.29, 0.717) is 6.07 Å². The molecule has 0 aliphatic heterocycles. The van der Waals surface area contributed by atoms with E-state index in [-0.39, 0.29) is 22.4 Å². The standard InChI is InChI=1S/C19H14F5N3O/c1-27-10-11(18(26-27)19(22,23)24)8-17(28)25-16-5-3-2-4-14(16)13-7-6-12(20)9-15(13)21/h2-7,9-10H,8H2,1H3,(H,25,28). The van der Waals surface area contributed by atoms with Crippen LogP contribution in [0.1, 0.15) is 11.3 Å². The minimum Gasteiger partial charge on any atom is -0.325 e. The van der Waals surface area contributed by atoms with Crippen LogP contribution < -0.4 is 5.32 Å². The van der Waals surface area contributed by atoms with Crippen LogP contribution in [0.15, 0.2) is 48.7 Å². The van der Waals surface area contributed by atoms with Gasteiger partial charge in [0.2, 0.25) is 5.91 Å². The zero-order valence-corrected chi connectivity index (χ0v) is 14.5. The van der Waals surface area contributed by atoms with E-state index in [2.05, 4.69) is 10.4 Å². The highest BCUT2D eigenvalue weighted by Crippen LogP contribution is 2.32. The number of aromatic nitrogens is 2. The normalized spacial score (nSPS) is 11.5. The lowest BCUT2D eigenvalue weighted by Gasteiger charge is -2.12. The Morgan fingerprint density at radius 1 is 1.11 bits per heavy atom. The van der Waals surface area contributed by atoms with Gasteiger partial charge >= 0.3 is 6.18 Å². The van der Waals surface area contributed by atoms with Gasteiger partial charge < -0.3 is 5.32 Å². The molecule has 9 heteroatoms. The summed E-state index contributed by atoms with van der Waals surface area (Å²) < 4.78 is 67.3. The number of carbonyl (C=O) groups is 1. The zero-order valence-electron chi connectivity index (χ0n) is 14.5. The number of benzene rings is 2. The second-order valence-corrected chi connectivity index (χ2v) is 6.07. The Morgan fingerprint density at radius 3 is 2.50 bits per heavy atom. The Kier molecular flexibility index (Phi) is 5.17. The van der Waals surface area contributed by atoms with Crippen LogP contribution in [0.5, 0.6) is 0 Å². The number of para-hydroxylation sites is 1. The average molecular weight is 395 g/mol. The van der Waals surface area contributed by atoms with Crippen LogP contribution in [0.25, 0.3) is 11.1 Å². The fourth-order valence-electron chi connectivity index (χ4n) is 2.81. The van der Waals surface area contributed by atoms with Crippen molar-refractivity contribution in [3.05, 3.63) is 71.6 Å². The van der Waals surface area contributed by atoms with Crippen molar-refractivity contribution < 1.29 is 26.7 Å². The lowest BCUT2D eigenvalue weighted by atomic mass is 10.0. The highest BCUT2D eigenvalue weighted by atomic mass is 19.4. The van der Waals surface area contributed by atoms with Crippen LogP contribution in [0.4, 0.5) is 27.6 Å². The lowest BCUT2D eigenvalue weighted by Crippen LogP contribution is -2.17. The first-order chi connectivity index (χ1) is 13.1. The summed E-state index contributed by atoms with van der Waals surface area (Å²) in [6.07, 6.45) is -4.14. The summed E-state index contributed by atoms with van der Waals surface area (Å²) in [7, 11) is 1.32. The highest BCUT2D eigenvalue weighted by Gasteiger charge is 2.37. The number of nitrogens with zero attached hydrogens (tertiary/aromatic N) is 2. The van der Waals surface area contributed by atoms with Gasteiger partial charge in [-0.15, -0.1) is 0 Å². The Balaban J connectivity index is 1.87. The van der Waals surface area contributed by atoms with Gasteiger partial charge in [-0.05, 0) is 18.2 Å². The minimum atomic E-state index is -4.69. The number of aryl methyl sites for hydroxylation is 1. The van der Waals surface area contributed by atoms with Crippen molar-refractivity contribution >= 4 is 11.6 Å². The molecule has 146 valence electrons. The summed E-state index contributed by atoms with van der Waals surface area (Å²) in [5, 5.41) is 5.84. The third-order valence-electron chi connectivity index (χ3n) is 3.95. The predicted molar refractivity (Wildman–Crippen MR) is 92.3 cm³/mol. The van der Waals surface area contributed by atoms with Gasteiger partial charge in [0.1, 0.15) is 11.6 Å². The van der Waals surface area contributed by atoms with Crippen molar-refractivity contribution in [3.8, 4) is 11.1 Å². The molecule has 1 amide bonds. The van der Waals surface area contributed by atoms with E-state index in [1.807, 2.05) is 0 Å². The molecule has 1 heterocycles. The van der Waals surface area contributed by atoms with Crippen LogP contribution in [0.2, 0.25) is 0 Å². The molecule has 0 saturated heterocycles. The fraction of sp³-hybridized carbons (Fsp3) is 0.158. The van der Waals surface area contributed by atoms with Crippen LogP contribution in [-0.2, 0) is 24.4 Å². The molecule has 4 nitrogen and oxygen atoms in total. The third-order valence-corrected chi connectivity index (χ3v) is 3.95. The van der Waals surface area contributed by atoms with Gasteiger partial charge in [0.25, 0.3) is 0 Å². The summed E-state index contributed by atoms with van der Waals surface area (Å²) in [6.45, 7) is 0. The first kappa shape index (κ1) is 19.5. The number of rotatable bonds is 4. The van der Waals surface area contributed by atoms with Crippen LogP contribution in [0, 0.1) is 11.6 Å². The minimum absolute atomic E-state index is 0.0506. The quantitative estimate of drug-likeness (QED) is 0.658. The molecular formula is C19H14F5N3O. The molecule has 2 aromatic carbocycles. The van der Waals surface area contributed by atoms with E-state index in [9.17, 15) is 26.7 Å². The second kappa shape index (κ2) is 7.41. The van der Waals surface area contributed by atoms with Gasteiger partial charge in [0.15, 0.2) is 5.69 Å². The van der Waals surface area contributed by atoms with E-state index in [1.54, 1.807) is 12.1 Å². The third kappa shape index (κ3) is 4.19. The van der Waals surface area contributed by atoms with Gasteiger partial charge in [-0.3, -0.25) is 9.48 Å². The summed E-state index contributed by atoms with van der Waals surface area (Å²) in [6, 6.07) is 9.16. The van der Waals surface area contributed by atoms with Crippen molar-refractivity contribution in [1.29, 1.82) is 0 Å². The largest absolute Gasteiger partial charge is 0.435 e. The molecule has 0 spiro atoms. The van der Waals surface area contributed by atoms with E-state index >= 15 is 0 Å². The highest BCUT2D eigenvalue weighted by molar-refractivity contribution is 5.96. The molecule has 0 aliphatic carbocycles. The van der Waals surface area contributed by atoms with Gasteiger partial charge in [0, 0.05) is 41.7 Å². The second-order valence-electron chi connectivity index (χ2n) is 6.07. The number of nitrogens with one attached hydrogen (secondary N) is 1. The van der Waals surface area contributed by atoms with E-state index < -0.39 is 35.8 Å². The van der Waals surface area contributed by atoms with Crippen LogP contribution in [0.3, 0.4) is 0 Å². The van der Waals surface area contributed by atoms with Gasteiger partial charge in [-0.25, -0.2) is 8.78 Å². The number of amides is 1. The van der Waals surface area contributed by atoms with E-state index in [1.165, 1.54) is 25.2 Å². The SMILES string of the molecule is Cn1cc(CC(=O)Nc2ccccc2-c2ccc(F)cc2F)c(C(F)(F)F)n1. The first-order valence-electron chi connectivity index (χ1n) is 8.09. The Morgan fingerprint density at radius 2 is 1.82 bits per heavy atom. The van der Waals surface area contributed by atoms with Crippen molar-refractivity contribution in [2.75, 3.05) is 5.32 Å². The Hall–Kier alpha value is -3.23. The Labute approximate surface area is 156 Å². The van der Waals surface area contributed by atoms with Crippen LogP contribution in [-0.4, -0.2) is 15.7 Å². The van der Waals surface area contributed by atoms with Crippen molar-refractivity contribution in [2.24, 2.45) is 7.05 Å². The molecular weight excluding hydrogens is 381 g/mol. The van der Waals surface area contributed by atoms with Crippen molar-refractivity contribution in [1.82, 2.24) is 9.78 Å². The molecule has 0 aliphatic rings. The maximum Gasteiger partial charge on any atom is 0.435 e. The molecule has 0 radical (unpaired) electrons. The summed E-state index contributed by atoms with van der Waals surface area (Å²) in [5.41, 5.74) is -0.901. The van der Waals surface area contributed by atoms with Gasteiger partial charge in [0.05, 0.1) is 6.42 Å². The van der Waals surface area contributed by atoms with Crippen molar-refractivity contribution in [3.63, 3.8) is 0 Å². The number of halogens is 5. The van der Waals surface area contributed by atoms with Crippen molar-refractivity contribution in [2.45, 2.75) is 12.6 Å². The maximum absolute atomic E-state index is 14.1. The monoisotopic (exact) mass is 395 g/mol. The first-order valence-corrected chi connectivity index (χ1v) is 8.09. The number of anilines is 1. The average Bonchev–Trinajstić information content (AvgIpc) is 2.96. The molecule has 1 aromatic heterocycles. The van der Waals surface area contributed by atoms with Gasteiger partial charge in [-0.2, -0.15) is 18.3 Å². The molecule has 0 saturated carbocycles. The van der Waals surface area contributed by atoms with Crippen LogP contribution >= 0.6 is 0 Å². The molecule has 0 bridgehead atoms. The number of alkyl halides is 3. The molecule has 28 heavy (non-hydrogen) atoms. The molecule has 3 aromatic rings. The smallest absolute Gasteiger partial charge is 0.325 e. The van der Waals surface area contributed by atoms with Gasteiger partial charge in [-0.1, -0.05) is 18.2 Å². The number of hydrogen-bond acceptors (Lipinski definition) is 2. The summed E-state index contributed by atoms with van der Waals surface area (Å²) in [4.78, 5) is 12.3. The van der Waals surface area contributed by atoms with E-state index in [0.717, 1.165) is 16.9 Å². The molecule has 1 N–H and O–H groups in total. The zero-order chi connectivity index (χ0) is 20.5. The number of carbonyl (C=O) groups excluding carboxylic acids is 1. The lowest BCUT2D eigenvalue weighted by molar-refractivity contribution is -0.142. The fourth-order valence-corrected chi connectivity index (χ4v) is 2.81.